The molecule has 0 atom stereocenters. The molecule has 2 aromatic heterocycles. The van der Waals surface area contributed by atoms with E-state index in [4.69, 9.17) is 0 Å². The Bertz CT molecular complexity index is 1090. The van der Waals surface area contributed by atoms with Crippen molar-refractivity contribution in [1.82, 2.24) is 23.9 Å². The molecule has 0 fully saturated rings. The first-order chi connectivity index (χ1) is 12.2. The summed E-state index contributed by atoms with van der Waals surface area (Å²) >= 11 is 0. The van der Waals surface area contributed by atoms with Crippen LogP contribution in [0.15, 0.2) is 35.2 Å². The van der Waals surface area contributed by atoms with E-state index in [2.05, 4.69) is 20.4 Å². The zero-order valence-electron chi connectivity index (χ0n) is 14.8. The fourth-order valence-electron chi connectivity index (χ4n) is 2.41. The molecule has 1 amide bonds. The SMILES string of the molecule is CC(=O)Nc1cc2nc(C)nn2c(-c2ccc(S(=O)(=O)N(C)C)cc2)n1. The van der Waals surface area contributed by atoms with E-state index in [1.54, 1.807) is 29.6 Å². The summed E-state index contributed by atoms with van der Waals surface area (Å²) in [5.74, 6) is 1.09. The van der Waals surface area contributed by atoms with Crippen molar-refractivity contribution in [3.05, 3.63) is 36.2 Å². The lowest BCUT2D eigenvalue weighted by Crippen LogP contribution is -2.22. The Kier molecular flexibility index (Phi) is 4.46. The molecule has 0 aliphatic heterocycles. The number of nitrogens with one attached hydrogen (secondary N) is 1. The lowest BCUT2D eigenvalue weighted by molar-refractivity contribution is -0.114. The van der Waals surface area contributed by atoms with Gasteiger partial charge in [0.15, 0.2) is 11.5 Å². The zero-order valence-corrected chi connectivity index (χ0v) is 15.6. The normalized spacial score (nSPS) is 11.9. The van der Waals surface area contributed by atoms with Gasteiger partial charge in [-0.1, -0.05) is 0 Å². The lowest BCUT2D eigenvalue weighted by Gasteiger charge is -2.12. The molecule has 26 heavy (non-hydrogen) atoms. The summed E-state index contributed by atoms with van der Waals surface area (Å²) in [4.78, 5) is 20.3. The van der Waals surface area contributed by atoms with Gasteiger partial charge in [0.2, 0.25) is 15.9 Å². The Balaban J connectivity index is 2.13. The number of nitrogens with zero attached hydrogens (tertiary/aromatic N) is 5. The van der Waals surface area contributed by atoms with E-state index < -0.39 is 10.0 Å². The molecule has 0 bridgehead atoms. The topological polar surface area (TPSA) is 110 Å². The first-order valence-corrected chi connectivity index (χ1v) is 9.17. The molecule has 0 saturated heterocycles. The number of benzene rings is 1. The molecular weight excluding hydrogens is 356 g/mol. The molecule has 1 N–H and O–H groups in total. The third-order valence-corrected chi connectivity index (χ3v) is 5.46. The van der Waals surface area contributed by atoms with Crippen LogP contribution in [-0.4, -0.2) is 52.3 Å². The molecule has 0 aliphatic rings. The maximum Gasteiger partial charge on any atom is 0.242 e. The first kappa shape index (κ1) is 18.0. The Morgan fingerprint density at radius 1 is 1.15 bits per heavy atom. The molecule has 0 radical (unpaired) electrons. The van der Waals surface area contributed by atoms with E-state index in [1.165, 1.54) is 33.2 Å². The van der Waals surface area contributed by atoms with Crippen molar-refractivity contribution in [3.8, 4) is 11.4 Å². The second-order valence-electron chi connectivity index (χ2n) is 5.89. The Labute approximate surface area is 150 Å². The van der Waals surface area contributed by atoms with Gasteiger partial charge in [-0.15, -0.1) is 5.10 Å². The maximum absolute atomic E-state index is 12.2. The lowest BCUT2D eigenvalue weighted by atomic mass is 10.2. The summed E-state index contributed by atoms with van der Waals surface area (Å²) in [6, 6.07) is 7.93. The summed E-state index contributed by atoms with van der Waals surface area (Å²) < 4.78 is 27.1. The number of anilines is 1. The Morgan fingerprint density at radius 2 is 1.81 bits per heavy atom. The van der Waals surface area contributed by atoms with Gasteiger partial charge in [-0.2, -0.15) is 4.52 Å². The van der Waals surface area contributed by atoms with Crippen LogP contribution in [0.2, 0.25) is 0 Å². The largest absolute Gasteiger partial charge is 0.311 e. The highest BCUT2D eigenvalue weighted by molar-refractivity contribution is 7.89. The molecule has 10 heteroatoms. The van der Waals surface area contributed by atoms with Gasteiger partial charge < -0.3 is 5.32 Å². The summed E-state index contributed by atoms with van der Waals surface area (Å²) in [5.41, 5.74) is 1.17. The fourth-order valence-corrected chi connectivity index (χ4v) is 3.32. The number of rotatable bonds is 4. The number of aromatic nitrogens is 4. The fraction of sp³-hybridized carbons (Fsp3) is 0.250. The number of sulfonamides is 1. The molecule has 0 spiro atoms. The van der Waals surface area contributed by atoms with Crippen LogP contribution in [0, 0.1) is 6.92 Å². The zero-order chi connectivity index (χ0) is 19.1. The van der Waals surface area contributed by atoms with Gasteiger partial charge in [0.1, 0.15) is 11.6 Å². The smallest absolute Gasteiger partial charge is 0.242 e. The average molecular weight is 374 g/mol. The second kappa shape index (κ2) is 6.46. The summed E-state index contributed by atoms with van der Waals surface area (Å²) in [6.45, 7) is 3.14. The van der Waals surface area contributed by atoms with Crippen molar-refractivity contribution in [2.45, 2.75) is 18.7 Å². The number of fused-ring (bicyclic) bond motifs is 1. The Hall–Kier alpha value is -2.85. The van der Waals surface area contributed by atoms with Gasteiger partial charge in [-0.05, 0) is 31.2 Å². The highest BCUT2D eigenvalue weighted by Crippen LogP contribution is 2.23. The van der Waals surface area contributed by atoms with Crippen LogP contribution < -0.4 is 5.32 Å². The Morgan fingerprint density at radius 3 is 2.38 bits per heavy atom. The van der Waals surface area contributed by atoms with E-state index in [0.29, 0.717) is 28.7 Å². The number of hydrogen-bond acceptors (Lipinski definition) is 6. The van der Waals surface area contributed by atoms with Crippen molar-refractivity contribution < 1.29 is 13.2 Å². The highest BCUT2D eigenvalue weighted by atomic mass is 32.2. The standard InChI is InChI=1S/C16H18N6O3S/c1-10-17-15-9-14(18-11(2)23)19-16(22(15)20-10)12-5-7-13(8-6-12)26(24,25)21(3)4/h5-9H,1-4H3,(H,18,23). The molecule has 0 aliphatic carbocycles. The predicted molar refractivity (Wildman–Crippen MR) is 96.1 cm³/mol. The number of carbonyl (C=O) groups excluding carboxylic acids is 1. The molecule has 1 aromatic carbocycles. The van der Waals surface area contributed by atoms with Crippen LogP contribution in [-0.2, 0) is 14.8 Å². The van der Waals surface area contributed by atoms with Crippen LogP contribution in [0.3, 0.4) is 0 Å². The van der Waals surface area contributed by atoms with Crippen LogP contribution in [0.1, 0.15) is 12.7 Å². The van der Waals surface area contributed by atoms with Crippen LogP contribution in [0.25, 0.3) is 17.0 Å². The van der Waals surface area contributed by atoms with E-state index >= 15 is 0 Å². The molecule has 9 nitrogen and oxygen atoms in total. The average Bonchev–Trinajstić information content (AvgIpc) is 2.93. The third-order valence-electron chi connectivity index (χ3n) is 3.63. The second-order valence-corrected chi connectivity index (χ2v) is 8.04. The van der Waals surface area contributed by atoms with E-state index in [1.807, 2.05) is 0 Å². The monoisotopic (exact) mass is 374 g/mol. The van der Waals surface area contributed by atoms with E-state index in [-0.39, 0.29) is 10.8 Å². The van der Waals surface area contributed by atoms with Crippen LogP contribution >= 0.6 is 0 Å². The number of aryl methyl sites for hydroxylation is 1. The molecule has 0 saturated carbocycles. The molecule has 0 unspecified atom stereocenters. The summed E-state index contributed by atoms with van der Waals surface area (Å²) in [7, 11) is -0.566. The van der Waals surface area contributed by atoms with Gasteiger partial charge in [0.25, 0.3) is 0 Å². The van der Waals surface area contributed by atoms with Gasteiger partial charge in [0, 0.05) is 32.6 Å². The predicted octanol–water partition coefficient (Wildman–Crippen LogP) is 1.31. The minimum Gasteiger partial charge on any atom is -0.311 e. The van der Waals surface area contributed by atoms with E-state index in [0.717, 1.165) is 4.31 Å². The molecular formula is C16H18N6O3S. The van der Waals surface area contributed by atoms with Crippen LogP contribution in [0.5, 0.6) is 0 Å². The van der Waals surface area contributed by atoms with Crippen molar-refractivity contribution in [3.63, 3.8) is 0 Å². The highest BCUT2D eigenvalue weighted by Gasteiger charge is 2.18. The molecule has 2 heterocycles. The van der Waals surface area contributed by atoms with Gasteiger partial charge >= 0.3 is 0 Å². The first-order valence-electron chi connectivity index (χ1n) is 7.73. The van der Waals surface area contributed by atoms with Crippen molar-refractivity contribution in [2.24, 2.45) is 0 Å². The minimum atomic E-state index is -3.52. The molecule has 3 rings (SSSR count). The number of hydrogen-bond donors (Lipinski definition) is 1. The van der Waals surface area contributed by atoms with E-state index in [9.17, 15) is 13.2 Å². The number of carbonyl (C=O) groups is 1. The van der Waals surface area contributed by atoms with Gasteiger partial charge in [0.05, 0.1) is 4.90 Å². The molecule has 3 aromatic rings. The van der Waals surface area contributed by atoms with Crippen LogP contribution in [0.4, 0.5) is 5.82 Å². The molecule has 136 valence electrons. The van der Waals surface area contributed by atoms with Crippen molar-refractivity contribution >= 4 is 27.4 Å². The quantitative estimate of drug-likeness (QED) is 0.737. The number of amides is 1. The third kappa shape index (κ3) is 3.28. The van der Waals surface area contributed by atoms with Crippen molar-refractivity contribution in [2.75, 3.05) is 19.4 Å². The van der Waals surface area contributed by atoms with Gasteiger partial charge in [-0.25, -0.2) is 22.7 Å². The van der Waals surface area contributed by atoms with Gasteiger partial charge in [-0.3, -0.25) is 4.79 Å². The minimum absolute atomic E-state index is 0.176. The summed E-state index contributed by atoms with van der Waals surface area (Å²) in [5, 5.41) is 6.95. The van der Waals surface area contributed by atoms with Crippen molar-refractivity contribution in [1.29, 1.82) is 0 Å². The summed E-state index contributed by atoms with van der Waals surface area (Å²) in [6.07, 6.45) is 0. The maximum atomic E-state index is 12.2.